The number of hydrogen-bond acceptors (Lipinski definition) is 3. The molecule has 1 spiro atoms. The van der Waals surface area contributed by atoms with Crippen molar-refractivity contribution >= 4 is 5.97 Å². The molecule has 0 bridgehead atoms. The maximum absolute atomic E-state index is 11.6. The molecule has 84 valence electrons. The van der Waals surface area contributed by atoms with Crippen molar-refractivity contribution in [3.05, 3.63) is 11.6 Å². The standard InChI is InChI=1S/C12H18O3/c1-2-14-11(13)10-5-3-6-12(9-10)7-4-8-15-12/h5H,2-4,6-9H2,1H3. The van der Waals surface area contributed by atoms with Crippen LogP contribution in [-0.4, -0.2) is 24.8 Å². The minimum Gasteiger partial charge on any atom is -0.463 e. The average molecular weight is 210 g/mol. The van der Waals surface area contributed by atoms with E-state index in [1.165, 1.54) is 0 Å². The van der Waals surface area contributed by atoms with Crippen molar-refractivity contribution in [2.24, 2.45) is 0 Å². The summed E-state index contributed by atoms with van der Waals surface area (Å²) in [6.07, 6.45) is 6.95. The predicted molar refractivity (Wildman–Crippen MR) is 56.5 cm³/mol. The number of hydrogen-bond donors (Lipinski definition) is 0. The van der Waals surface area contributed by atoms with Gasteiger partial charge in [0.25, 0.3) is 0 Å². The first kappa shape index (κ1) is 10.7. The molecule has 2 rings (SSSR count). The summed E-state index contributed by atoms with van der Waals surface area (Å²) in [5.74, 6) is -0.160. The number of rotatable bonds is 2. The lowest BCUT2D eigenvalue weighted by Gasteiger charge is -2.31. The minimum absolute atomic E-state index is 0.0448. The van der Waals surface area contributed by atoms with Gasteiger partial charge < -0.3 is 9.47 Å². The fourth-order valence-corrected chi connectivity index (χ4v) is 2.49. The monoisotopic (exact) mass is 210 g/mol. The van der Waals surface area contributed by atoms with E-state index < -0.39 is 0 Å². The molecule has 0 aromatic rings. The van der Waals surface area contributed by atoms with Crippen molar-refractivity contribution in [1.29, 1.82) is 0 Å². The second-order valence-electron chi connectivity index (χ2n) is 4.30. The lowest BCUT2D eigenvalue weighted by molar-refractivity contribution is -0.139. The molecule has 0 saturated carbocycles. The van der Waals surface area contributed by atoms with E-state index in [0.717, 1.165) is 44.3 Å². The zero-order valence-electron chi connectivity index (χ0n) is 9.25. The molecule has 3 nitrogen and oxygen atoms in total. The maximum atomic E-state index is 11.6. The van der Waals surface area contributed by atoms with E-state index in [2.05, 4.69) is 0 Å². The third-order valence-corrected chi connectivity index (χ3v) is 3.23. The highest BCUT2D eigenvalue weighted by Gasteiger charge is 2.38. The molecule has 1 saturated heterocycles. The van der Waals surface area contributed by atoms with Crippen molar-refractivity contribution in [2.75, 3.05) is 13.2 Å². The molecule has 1 aliphatic carbocycles. The van der Waals surface area contributed by atoms with Gasteiger partial charge in [0.15, 0.2) is 0 Å². The van der Waals surface area contributed by atoms with Crippen molar-refractivity contribution in [1.82, 2.24) is 0 Å². The van der Waals surface area contributed by atoms with E-state index in [0.29, 0.717) is 6.61 Å². The van der Waals surface area contributed by atoms with Crippen LogP contribution < -0.4 is 0 Å². The molecule has 3 heteroatoms. The molecule has 1 fully saturated rings. The lowest BCUT2D eigenvalue weighted by Crippen LogP contribution is -2.32. The van der Waals surface area contributed by atoms with E-state index in [1.807, 2.05) is 13.0 Å². The number of carbonyl (C=O) groups excluding carboxylic acids is 1. The van der Waals surface area contributed by atoms with Gasteiger partial charge in [-0.2, -0.15) is 0 Å². The van der Waals surface area contributed by atoms with Crippen LogP contribution in [-0.2, 0) is 14.3 Å². The van der Waals surface area contributed by atoms with Gasteiger partial charge in [-0.25, -0.2) is 4.79 Å². The van der Waals surface area contributed by atoms with Crippen molar-refractivity contribution in [3.63, 3.8) is 0 Å². The molecular weight excluding hydrogens is 192 g/mol. The Labute approximate surface area is 90.4 Å². The normalized spacial score (nSPS) is 30.3. The van der Waals surface area contributed by atoms with Gasteiger partial charge in [0.2, 0.25) is 0 Å². The highest BCUT2D eigenvalue weighted by molar-refractivity contribution is 5.88. The second kappa shape index (κ2) is 4.35. The summed E-state index contributed by atoms with van der Waals surface area (Å²) in [5, 5.41) is 0. The van der Waals surface area contributed by atoms with Crippen LogP contribution >= 0.6 is 0 Å². The molecular formula is C12H18O3. The topological polar surface area (TPSA) is 35.5 Å². The Morgan fingerprint density at radius 2 is 2.47 bits per heavy atom. The lowest BCUT2D eigenvalue weighted by atomic mass is 9.82. The average Bonchev–Trinajstić information content (AvgIpc) is 2.67. The van der Waals surface area contributed by atoms with Crippen LogP contribution in [0.25, 0.3) is 0 Å². The molecule has 1 heterocycles. The molecule has 1 aliphatic heterocycles. The number of carbonyl (C=O) groups is 1. The summed E-state index contributed by atoms with van der Waals surface area (Å²) < 4.78 is 10.8. The van der Waals surface area contributed by atoms with Gasteiger partial charge in [-0.1, -0.05) is 6.08 Å². The molecule has 0 N–H and O–H groups in total. The van der Waals surface area contributed by atoms with Gasteiger partial charge >= 0.3 is 5.97 Å². The van der Waals surface area contributed by atoms with Crippen LogP contribution in [0.5, 0.6) is 0 Å². The third kappa shape index (κ3) is 2.23. The van der Waals surface area contributed by atoms with Gasteiger partial charge in [0.05, 0.1) is 12.2 Å². The smallest absolute Gasteiger partial charge is 0.333 e. The first-order valence-corrected chi connectivity index (χ1v) is 5.76. The van der Waals surface area contributed by atoms with Crippen LogP contribution in [0.2, 0.25) is 0 Å². The Bertz CT molecular complexity index is 275. The number of esters is 1. The second-order valence-corrected chi connectivity index (χ2v) is 4.30. The van der Waals surface area contributed by atoms with Gasteiger partial charge in [-0.3, -0.25) is 0 Å². The van der Waals surface area contributed by atoms with Gasteiger partial charge in [-0.15, -0.1) is 0 Å². The Hall–Kier alpha value is -0.830. The zero-order chi connectivity index (χ0) is 10.7. The quantitative estimate of drug-likeness (QED) is 0.655. The van der Waals surface area contributed by atoms with E-state index in [-0.39, 0.29) is 11.6 Å². The van der Waals surface area contributed by atoms with E-state index in [9.17, 15) is 4.79 Å². The van der Waals surface area contributed by atoms with Gasteiger partial charge in [-0.05, 0) is 32.6 Å². The molecule has 0 radical (unpaired) electrons. The SMILES string of the molecule is CCOC(=O)C1=CCCC2(CCCO2)C1. The molecule has 0 amide bonds. The van der Waals surface area contributed by atoms with E-state index in [4.69, 9.17) is 9.47 Å². The predicted octanol–water partition coefficient (Wildman–Crippen LogP) is 2.21. The minimum atomic E-state index is -0.160. The molecule has 15 heavy (non-hydrogen) atoms. The van der Waals surface area contributed by atoms with E-state index >= 15 is 0 Å². The van der Waals surface area contributed by atoms with Crippen molar-refractivity contribution in [2.45, 2.75) is 44.6 Å². The summed E-state index contributed by atoms with van der Waals surface area (Å²) in [7, 11) is 0. The summed E-state index contributed by atoms with van der Waals surface area (Å²) >= 11 is 0. The largest absolute Gasteiger partial charge is 0.463 e. The molecule has 1 atom stereocenters. The molecule has 1 unspecified atom stereocenters. The highest BCUT2D eigenvalue weighted by atomic mass is 16.5. The fourth-order valence-electron chi connectivity index (χ4n) is 2.49. The van der Waals surface area contributed by atoms with Crippen LogP contribution in [0.3, 0.4) is 0 Å². The summed E-state index contributed by atoms with van der Waals surface area (Å²) in [6, 6.07) is 0. The third-order valence-electron chi connectivity index (χ3n) is 3.23. The van der Waals surface area contributed by atoms with E-state index in [1.54, 1.807) is 0 Å². The fraction of sp³-hybridized carbons (Fsp3) is 0.750. The van der Waals surface area contributed by atoms with Crippen molar-refractivity contribution in [3.8, 4) is 0 Å². The number of allylic oxidation sites excluding steroid dienone is 1. The van der Waals surface area contributed by atoms with Crippen LogP contribution in [0.4, 0.5) is 0 Å². The molecule has 0 aromatic heterocycles. The van der Waals surface area contributed by atoms with Gasteiger partial charge in [0, 0.05) is 18.6 Å². The molecule has 2 aliphatic rings. The van der Waals surface area contributed by atoms with Crippen molar-refractivity contribution < 1.29 is 14.3 Å². The van der Waals surface area contributed by atoms with Crippen LogP contribution in [0.1, 0.15) is 39.0 Å². The first-order valence-electron chi connectivity index (χ1n) is 5.76. The summed E-state index contributed by atoms with van der Waals surface area (Å²) in [4.78, 5) is 11.6. The number of ether oxygens (including phenoxy) is 2. The van der Waals surface area contributed by atoms with Gasteiger partial charge in [0.1, 0.15) is 0 Å². The summed E-state index contributed by atoms with van der Waals surface area (Å²) in [6.45, 7) is 3.13. The highest BCUT2D eigenvalue weighted by Crippen LogP contribution is 2.39. The zero-order valence-corrected chi connectivity index (χ0v) is 9.25. The maximum Gasteiger partial charge on any atom is 0.333 e. The Morgan fingerprint density at radius 1 is 1.60 bits per heavy atom. The van der Waals surface area contributed by atoms with Crippen LogP contribution in [0.15, 0.2) is 11.6 Å². The Kier molecular flexibility index (Phi) is 3.10. The van der Waals surface area contributed by atoms with Crippen LogP contribution in [0, 0.1) is 0 Å². The Morgan fingerprint density at radius 3 is 3.13 bits per heavy atom. The first-order chi connectivity index (χ1) is 7.26. The Balaban J connectivity index is 2.02. The summed E-state index contributed by atoms with van der Waals surface area (Å²) in [5.41, 5.74) is 0.765. The molecule has 0 aromatic carbocycles.